The van der Waals surface area contributed by atoms with Crippen LogP contribution in [0.5, 0.6) is 0 Å². The number of methoxy groups -OCH3 is 1. The van der Waals surface area contributed by atoms with Gasteiger partial charge in [0.1, 0.15) is 6.61 Å². The molecule has 2 aromatic rings. The van der Waals surface area contributed by atoms with E-state index in [1.54, 1.807) is 6.20 Å². The molecule has 1 fully saturated rings. The number of anilines is 1. The van der Waals surface area contributed by atoms with Crippen LogP contribution in [0.25, 0.3) is 0 Å². The molecule has 1 aromatic heterocycles. The van der Waals surface area contributed by atoms with Crippen LogP contribution in [0.4, 0.5) is 5.69 Å². The lowest BCUT2D eigenvalue weighted by molar-refractivity contribution is -0.119. The number of rotatable bonds is 7. The van der Waals surface area contributed by atoms with Crippen molar-refractivity contribution in [3.05, 3.63) is 47.8 Å². The van der Waals surface area contributed by atoms with Crippen molar-refractivity contribution in [2.24, 2.45) is 0 Å². The third-order valence-corrected chi connectivity index (χ3v) is 4.69. The third-order valence-electron chi connectivity index (χ3n) is 4.69. The molecule has 2 heterocycles. The molecule has 0 spiro atoms. The number of aromatic nitrogens is 2. The van der Waals surface area contributed by atoms with Crippen molar-refractivity contribution in [3.8, 4) is 0 Å². The van der Waals surface area contributed by atoms with Gasteiger partial charge in [0.05, 0.1) is 17.6 Å². The lowest BCUT2D eigenvalue weighted by atomic mass is 9.93. The first-order chi connectivity index (χ1) is 12.3. The van der Waals surface area contributed by atoms with Crippen LogP contribution < -0.4 is 5.32 Å². The van der Waals surface area contributed by atoms with Crippen LogP contribution in [0.2, 0.25) is 0 Å². The lowest BCUT2D eigenvalue weighted by Crippen LogP contribution is -2.36. The maximum absolute atomic E-state index is 11.8. The Morgan fingerprint density at radius 2 is 2.24 bits per heavy atom. The zero-order chi connectivity index (χ0) is 17.5. The minimum Gasteiger partial charge on any atom is -0.375 e. The van der Waals surface area contributed by atoms with Gasteiger partial charge < -0.3 is 15.0 Å². The topological polar surface area (TPSA) is 70.2 Å². The summed E-state index contributed by atoms with van der Waals surface area (Å²) in [6, 6.07) is 10.6. The summed E-state index contributed by atoms with van der Waals surface area (Å²) in [5, 5.41) is 10.1. The fraction of sp³-hybridized carbons (Fsp3) is 0.474. The smallest absolute Gasteiger partial charge is 0.250 e. The Labute approximate surface area is 148 Å². The molecule has 0 unspecified atom stereocenters. The van der Waals surface area contributed by atoms with Crippen LogP contribution in [-0.2, 0) is 16.0 Å². The molecule has 1 aliphatic heterocycles. The van der Waals surface area contributed by atoms with E-state index in [9.17, 15) is 4.79 Å². The van der Waals surface area contributed by atoms with Gasteiger partial charge in [-0.3, -0.25) is 9.89 Å². The molecule has 0 saturated carbocycles. The monoisotopic (exact) mass is 342 g/mol. The van der Waals surface area contributed by atoms with E-state index in [1.165, 1.54) is 12.7 Å². The molecule has 6 nitrogen and oxygen atoms in total. The summed E-state index contributed by atoms with van der Waals surface area (Å²) in [7, 11) is 1.52. The minimum absolute atomic E-state index is 0.0541. The highest BCUT2D eigenvalue weighted by Gasteiger charge is 2.25. The van der Waals surface area contributed by atoms with Crippen molar-refractivity contribution in [1.82, 2.24) is 15.1 Å². The number of ether oxygens (including phenoxy) is 1. The molecular formula is C19H26N4O2. The molecule has 1 amide bonds. The number of carbonyl (C=O) groups is 1. The lowest BCUT2D eigenvalue weighted by Gasteiger charge is -2.32. The van der Waals surface area contributed by atoms with Gasteiger partial charge in [-0.15, -0.1) is 0 Å². The van der Waals surface area contributed by atoms with Gasteiger partial charge in [-0.25, -0.2) is 0 Å². The first-order valence-corrected chi connectivity index (χ1v) is 8.84. The van der Waals surface area contributed by atoms with Crippen molar-refractivity contribution in [2.45, 2.75) is 25.2 Å². The summed E-state index contributed by atoms with van der Waals surface area (Å²) in [6.45, 7) is 3.23. The van der Waals surface area contributed by atoms with Gasteiger partial charge in [0, 0.05) is 26.1 Å². The van der Waals surface area contributed by atoms with Crippen LogP contribution in [-0.4, -0.2) is 54.4 Å². The minimum atomic E-state index is -0.151. The van der Waals surface area contributed by atoms with Gasteiger partial charge in [0.25, 0.3) is 0 Å². The molecule has 0 radical (unpaired) electrons. The number of aromatic amines is 1. The maximum atomic E-state index is 11.8. The van der Waals surface area contributed by atoms with E-state index in [0.29, 0.717) is 5.92 Å². The van der Waals surface area contributed by atoms with Crippen LogP contribution in [0.3, 0.4) is 0 Å². The number of benzene rings is 1. The quantitative estimate of drug-likeness (QED) is 0.811. The average Bonchev–Trinajstić information content (AvgIpc) is 3.09. The summed E-state index contributed by atoms with van der Waals surface area (Å²) in [5.41, 5.74) is 3.17. The Morgan fingerprint density at radius 1 is 1.40 bits per heavy atom. The summed E-state index contributed by atoms with van der Waals surface area (Å²) < 4.78 is 4.88. The number of likely N-dealkylation sites (tertiary alicyclic amines) is 1. The zero-order valence-electron chi connectivity index (χ0n) is 14.7. The van der Waals surface area contributed by atoms with E-state index in [1.807, 2.05) is 0 Å². The van der Waals surface area contributed by atoms with Crippen molar-refractivity contribution >= 4 is 11.6 Å². The van der Waals surface area contributed by atoms with Crippen LogP contribution in [0.15, 0.2) is 36.5 Å². The molecule has 6 heteroatoms. The van der Waals surface area contributed by atoms with Gasteiger partial charge in [-0.05, 0) is 31.4 Å². The molecule has 134 valence electrons. The number of carbonyl (C=O) groups excluding carboxylic acids is 1. The van der Waals surface area contributed by atoms with Gasteiger partial charge in [-0.1, -0.05) is 30.3 Å². The van der Waals surface area contributed by atoms with Crippen molar-refractivity contribution < 1.29 is 9.53 Å². The molecule has 1 saturated heterocycles. The molecule has 0 bridgehead atoms. The molecule has 2 N–H and O–H groups in total. The van der Waals surface area contributed by atoms with E-state index in [0.717, 1.165) is 50.3 Å². The van der Waals surface area contributed by atoms with Crippen LogP contribution >= 0.6 is 0 Å². The molecule has 3 rings (SSSR count). The maximum Gasteiger partial charge on any atom is 0.250 e. The van der Waals surface area contributed by atoms with E-state index >= 15 is 0 Å². The number of nitrogens with one attached hydrogen (secondary N) is 2. The van der Waals surface area contributed by atoms with Gasteiger partial charge in [0.2, 0.25) is 5.91 Å². The van der Waals surface area contributed by atoms with Gasteiger partial charge >= 0.3 is 0 Å². The largest absolute Gasteiger partial charge is 0.375 e. The summed E-state index contributed by atoms with van der Waals surface area (Å²) >= 11 is 0. The Hall–Kier alpha value is -2.18. The number of nitrogens with zero attached hydrogens (tertiary/aromatic N) is 2. The van der Waals surface area contributed by atoms with E-state index in [2.05, 4.69) is 50.7 Å². The SMILES string of the molecule is COCC(=O)Nc1cn[nH]c1[C@@H]1CCCN(CCc2ccccc2)C1. The second-order valence-corrected chi connectivity index (χ2v) is 6.55. The third kappa shape index (κ3) is 4.90. The Kier molecular flexibility index (Phi) is 6.19. The standard InChI is InChI=1S/C19H26N4O2/c1-25-14-18(24)21-17-12-20-22-19(17)16-8-5-10-23(13-16)11-9-15-6-3-2-4-7-15/h2-4,6-7,12,16H,5,8-11,13-14H2,1H3,(H,20,22)(H,21,24)/t16-/m1/s1. The van der Waals surface area contributed by atoms with Crippen molar-refractivity contribution in [3.63, 3.8) is 0 Å². The highest BCUT2D eigenvalue weighted by molar-refractivity contribution is 5.92. The predicted molar refractivity (Wildman–Crippen MR) is 97.7 cm³/mol. The fourth-order valence-corrected chi connectivity index (χ4v) is 3.45. The first kappa shape index (κ1) is 17.6. The summed E-state index contributed by atoms with van der Waals surface area (Å²) in [6.07, 6.45) is 5.01. The first-order valence-electron chi connectivity index (χ1n) is 8.84. The molecule has 1 aliphatic rings. The Bertz CT molecular complexity index is 671. The molecule has 1 atom stereocenters. The van der Waals surface area contributed by atoms with E-state index in [-0.39, 0.29) is 12.5 Å². The highest BCUT2D eigenvalue weighted by atomic mass is 16.5. The summed E-state index contributed by atoms with van der Waals surface area (Å²) in [4.78, 5) is 14.3. The molecule has 1 aromatic carbocycles. The molecule has 0 aliphatic carbocycles. The predicted octanol–water partition coefficient (Wildman–Crippen LogP) is 2.42. The van der Waals surface area contributed by atoms with Crippen LogP contribution in [0, 0.1) is 0 Å². The molecular weight excluding hydrogens is 316 g/mol. The summed E-state index contributed by atoms with van der Waals surface area (Å²) in [5.74, 6) is 0.215. The van der Waals surface area contributed by atoms with Crippen molar-refractivity contribution in [2.75, 3.05) is 38.7 Å². The normalized spacial score (nSPS) is 18.2. The number of hydrogen-bond acceptors (Lipinski definition) is 4. The second-order valence-electron chi connectivity index (χ2n) is 6.55. The second kappa shape index (κ2) is 8.78. The van der Waals surface area contributed by atoms with E-state index in [4.69, 9.17) is 4.74 Å². The fourth-order valence-electron chi connectivity index (χ4n) is 3.45. The van der Waals surface area contributed by atoms with Crippen molar-refractivity contribution in [1.29, 1.82) is 0 Å². The molecule has 25 heavy (non-hydrogen) atoms. The Balaban J connectivity index is 1.58. The Morgan fingerprint density at radius 3 is 3.04 bits per heavy atom. The average molecular weight is 342 g/mol. The highest BCUT2D eigenvalue weighted by Crippen LogP contribution is 2.30. The number of H-pyrrole nitrogens is 1. The van der Waals surface area contributed by atoms with Gasteiger partial charge in [0.15, 0.2) is 0 Å². The number of piperidine rings is 1. The van der Waals surface area contributed by atoms with E-state index < -0.39 is 0 Å². The zero-order valence-corrected chi connectivity index (χ0v) is 14.7. The van der Waals surface area contributed by atoms with Gasteiger partial charge in [-0.2, -0.15) is 5.10 Å². The van der Waals surface area contributed by atoms with Crippen LogP contribution in [0.1, 0.15) is 30.0 Å². The number of amides is 1. The number of hydrogen-bond donors (Lipinski definition) is 2.